The molecule has 0 aliphatic heterocycles. The number of nitrogens with one attached hydrogen (secondary N) is 2. The van der Waals surface area contributed by atoms with E-state index in [1.54, 1.807) is 0 Å². The highest BCUT2D eigenvalue weighted by atomic mass is 16.4. The minimum atomic E-state index is -0.803. The van der Waals surface area contributed by atoms with Crippen LogP contribution in [0.3, 0.4) is 0 Å². The summed E-state index contributed by atoms with van der Waals surface area (Å²) in [6.07, 6.45) is 4.56. The van der Waals surface area contributed by atoms with Crippen LogP contribution < -0.4 is 10.6 Å². The summed E-state index contributed by atoms with van der Waals surface area (Å²) in [5, 5.41) is 14.6. The Hall–Kier alpha value is -1.26. The number of carbonyl (C=O) groups is 2. The normalized spacial score (nSPS) is 23.0. The van der Waals surface area contributed by atoms with Crippen molar-refractivity contribution in [1.29, 1.82) is 0 Å². The van der Waals surface area contributed by atoms with Crippen LogP contribution in [-0.2, 0) is 4.79 Å². The second-order valence-electron chi connectivity index (χ2n) is 6.97. The van der Waals surface area contributed by atoms with Crippen molar-refractivity contribution in [2.45, 2.75) is 52.9 Å². The highest BCUT2D eigenvalue weighted by molar-refractivity contribution is 5.74. The molecule has 0 spiro atoms. The molecule has 0 bridgehead atoms. The van der Waals surface area contributed by atoms with E-state index < -0.39 is 5.97 Å². The fourth-order valence-electron chi connectivity index (χ4n) is 3.20. The van der Waals surface area contributed by atoms with Gasteiger partial charge in [-0.05, 0) is 42.9 Å². The van der Waals surface area contributed by atoms with Gasteiger partial charge in [-0.2, -0.15) is 0 Å². The van der Waals surface area contributed by atoms with Crippen molar-refractivity contribution in [2.75, 3.05) is 13.1 Å². The van der Waals surface area contributed by atoms with E-state index in [2.05, 4.69) is 31.4 Å². The van der Waals surface area contributed by atoms with Crippen LogP contribution in [-0.4, -0.2) is 30.2 Å². The number of amides is 2. The highest BCUT2D eigenvalue weighted by Crippen LogP contribution is 2.29. The van der Waals surface area contributed by atoms with E-state index in [0.29, 0.717) is 18.4 Å². The highest BCUT2D eigenvalue weighted by Gasteiger charge is 2.22. The largest absolute Gasteiger partial charge is 0.481 e. The average molecular weight is 298 g/mol. The standard InChI is InChI=1S/C16H30N2O3/c1-11(2)6-14(8-15(19)20)10-18-16(21)17-9-13-5-4-12(3)7-13/h11-14H,4-10H2,1-3H3,(H,19,20)(H2,17,18,21). The van der Waals surface area contributed by atoms with Crippen molar-refractivity contribution in [3.05, 3.63) is 0 Å². The van der Waals surface area contributed by atoms with Gasteiger partial charge in [0.2, 0.25) is 0 Å². The van der Waals surface area contributed by atoms with Gasteiger partial charge in [-0.15, -0.1) is 0 Å². The summed E-state index contributed by atoms with van der Waals surface area (Å²) < 4.78 is 0. The molecule has 1 aliphatic carbocycles. The third-order valence-electron chi connectivity index (χ3n) is 4.17. The van der Waals surface area contributed by atoms with Crippen LogP contribution in [0.4, 0.5) is 4.79 Å². The maximum atomic E-state index is 11.8. The Balaban J connectivity index is 2.23. The lowest BCUT2D eigenvalue weighted by Crippen LogP contribution is -2.40. The van der Waals surface area contributed by atoms with E-state index >= 15 is 0 Å². The lowest BCUT2D eigenvalue weighted by Gasteiger charge is -2.18. The zero-order valence-corrected chi connectivity index (χ0v) is 13.5. The van der Waals surface area contributed by atoms with Crippen LogP contribution in [0, 0.1) is 23.7 Å². The van der Waals surface area contributed by atoms with Crippen LogP contribution in [0.2, 0.25) is 0 Å². The summed E-state index contributed by atoms with van der Waals surface area (Å²) in [4.78, 5) is 22.6. The van der Waals surface area contributed by atoms with Crippen LogP contribution in [0.15, 0.2) is 0 Å². The zero-order valence-electron chi connectivity index (χ0n) is 13.5. The smallest absolute Gasteiger partial charge is 0.314 e. The van der Waals surface area contributed by atoms with Crippen LogP contribution in [0.5, 0.6) is 0 Å². The fraction of sp³-hybridized carbons (Fsp3) is 0.875. The van der Waals surface area contributed by atoms with Gasteiger partial charge in [-0.25, -0.2) is 4.79 Å². The number of hydrogen-bond donors (Lipinski definition) is 3. The topological polar surface area (TPSA) is 78.4 Å². The minimum absolute atomic E-state index is 0.000229. The molecule has 0 saturated heterocycles. The van der Waals surface area contributed by atoms with Gasteiger partial charge in [-0.1, -0.05) is 27.2 Å². The van der Waals surface area contributed by atoms with Gasteiger partial charge in [0, 0.05) is 19.5 Å². The Morgan fingerprint density at radius 2 is 1.95 bits per heavy atom. The van der Waals surface area contributed by atoms with E-state index in [-0.39, 0.29) is 18.4 Å². The summed E-state index contributed by atoms with van der Waals surface area (Å²) in [5.41, 5.74) is 0. The monoisotopic (exact) mass is 298 g/mol. The molecular formula is C16H30N2O3. The Kier molecular flexibility index (Phi) is 7.54. The maximum absolute atomic E-state index is 11.8. The van der Waals surface area contributed by atoms with Crippen molar-refractivity contribution in [1.82, 2.24) is 10.6 Å². The quantitative estimate of drug-likeness (QED) is 0.644. The maximum Gasteiger partial charge on any atom is 0.314 e. The molecule has 0 aromatic heterocycles. The van der Waals surface area contributed by atoms with Crippen LogP contribution in [0.25, 0.3) is 0 Å². The van der Waals surface area contributed by atoms with Gasteiger partial charge in [0.25, 0.3) is 0 Å². The molecule has 21 heavy (non-hydrogen) atoms. The van der Waals surface area contributed by atoms with E-state index in [9.17, 15) is 9.59 Å². The second-order valence-corrected chi connectivity index (χ2v) is 6.97. The van der Waals surface area contributed by atoms with Crippen LogP contribution in [0.1, 0.15) is 52.9 Å². The molecule has 122 valence electrons. The molecule has 3 atom stereocenters. The molecule has 3 N–H and O–H groups in total. The van der Waals surface area contributed by atoms with E-state index in [0.717, 1.165) is 18.9 Å². The Labute approximate surface area is 127 Å². The first-order valence-electron chi connectivity index (χ1n) is 8.10. The fourth-order valence-corrected chi connectivity index (χ4v) is 3.20. The summed E-state index contributed by atoms with van der Waals surface area (Å²) in [5.74, 6) is 0.990. The molecule has 1 saturated carbocycles. The molecule has 1 aliphatic rings. The molecule has 1 rings (SSSR count). The number of urea groups is 1. The van der Waals surface area contributed by atoms with E-state index in [4.69, 9.17) is 5.11 Å². The molecular weight excluding hydrogens is 268 g/mol. The summed E-state index contributed by atoms with van der Waals surface area (Å²) in [6.45, 7) is 7.54. The summed E-state index contributed by atoms with van der Waals surface area (Å²) in [6, 6.07) is -0.173. The van der Waals surface area contributed by atoms with Crippen molar-refractivity contribution in [2.24, 2.45) is 23.7 Å². The Bertz CT molecular complexity index is 344. The van der Waals surface area contributed by atoms with Crippen LogP contribution >= 0.6 is 0 Å². The molecule has 5 heteroatoms. The van der Waals surface area contributed by atoms with Gasteiger partial charge in [-0.3, -0.25) is 4.79 Å². The molecule has 3 unspecified atom stereocenters. The number of carboxylic acids is 1. The van der Waals surface area contributed by atoms with Crippen molar-refractivity contribution in [3.63, 3.8) is 0 Å². The number of hydrogen-bond acceptors (Lipinski definition) is 2. The molecule has 0 radical (unpaired) electrons. The SMILES string of the molecule is CC(C)CC(CNC(=O)NCC1CCC(C)C1)CC(=O)O. The third-order valence-corrected chi connectivity index (χ3v) is 4.17. The first-order valence-corrected chi connectivity index (χ1v) is 8.10. The van der Waals surface area contributed by atoms with Gasteiger partial charge in [0.1, 0.15) is 0 Å². The Morgan fingerprint density at radius 3 is 2.48 bits per heavy atom. The summed E-state index contributed by atoms with van der Waals surface area (Å²) in [7, 11) is 0. The van der Waals surface area contributed by atoms with Gasteiger partial charge in [0.15, 0.2) is 0 Å². The molecule has 1 fully saturated rings. The molecule has 2 amide bonds. The molecule has 0 aromatic carbocycles. The number of carboxylic acid groups (broad SMARTS) is 1. The van der Waals surface area contributed by atoms with Crippen molar-refractivity contribution in [3.8, 4) is 0 Å². The second kappa shape index (κ2) is 8.90. The number of aliphatic carboxylic acids is 1. The first-order chi connectivity index (χ1) is 9.86. The van der Waals surface area contributed by atoms with E-state index in [1.807, 2.05) is 0 Å². The van der Waals surface area contributed by atoms with Gasteiger partial charge in [0.05, 0.1) is 0 Å². The van der Waals surface area contributed by atoms with E-state index in [1.165, 1.54) is 19.3 Å². The minimum Gasteiger partial charge on any atom is -0.481 e. The molecule has 0 aromatic rings. The molecule has 0 heterocycles. The zero-order chi connectivity index (χ0) is 15.8. The Morgan fingerprint density at radius 1 is 1.24 bits per heavy atom. The summed E-state index contributed by atoms with van der Waals surface area (Å²) >= 11 is 0. The average Bonchev–Trinajstić information content (AvgIpc) is 2.78. The number of rotatable bonds is 8. The molecule has 5 nitrogen and oxygen atoms in total. The number of carbonyl (C=O) groups excluding carboxylic acids is 1. The predicted octanol–water partition coefficient (Wildman–Crippen LogP) is 2.86. The van der Waals surface area contributed by atoms with Gasteiger partial charge >= 0.3 is 12.0 Å². The van der Waals surface area contributed by atoms with Gasteiger partial charge < -0.3 is 15.7 Å². The predicted molar refractivity (Wildman–Crippen MR) is 83.1 cm³/mol. The van der Waals surface area contributed by atoms with Crippen molar-refractivity contribution < 1.29 is 14.7 Å². The first kappa shape index (κ1) is 17.8. The lowest BCUT2D eigenvalue weighted by molar-refractivity contribution is -0.138. The third kappa shape index (κ3) is 7.93. The van der Waals surface area contributed by atoms with Crippen molar-refractivity contribution >= 4 is 12.0 Å². The lowest BCUT2D eigenvalue weighted by atomic mass is 9.94.